The second-order valence-electron chi connectivity index (χ2n) is 5.08. The van der Waals surface area contributed by atoms with E-state index in [1.165, 1.54) is 16.8 Å². The summed E-state index contributed by atoms with van der Waals surface area (Å²) in [5, 5.41) is 7.80. The van der Waals surface area contributed by atoms with Crippen LogP contribution >= 0.6 is 0 Å². The third-order valence-electron chi connectivity index (χ3n) is 3.22. The highest BCUT2D eigenvalue weighted by Gasteiger charge is 2.08. The van der Waals surface area contributed by atoms with Crippen molar-refractivity contribution < 1.29 is 0 Å². The van der Waals surface area contributed by atoms with Gasteiger partial charge in [-0.2, -0.15) is 5.10 Å². The molecule has 2 aromatic rings. The Hall–Kier alpha value is -1.68. The fraction of sp³-hybridized carbons (Fsp3) is 0.467. The second kappa shape index (κ2) is 5.97. The molecule has 1 N–H and O–H groups in total. The van der Waals surface area contributed by atoms with E-state index in [2.05, 4.69) is 49.2 Å². The van der Waals surface area contributed by atoms with Crippen LogP contribution in [0.1, 0.15) is 32.0 Å². The van der Waals surface area contributed by atoms with Gasteiger partial charge in [-0.1, -0.05) is 13.8 Å². The molecular formula is C15H22N4. The molecule has 19 heavy (non-hydrogen) atoms. The summed E-state index contributed by atoms with van der Waals surface area (Å²) in [5.74, 6) is 0. The Morgan fingerprint density at radius 1 is 1.26 bits per heavy atom. The highest BCUT2D eigenvalue weighted by Crippen LogP contribution is 2.23. The standard InChI is InChI=1S/C15H22N4/c1-5-19-12(4)15(10-18-19)14-6-13(7-16-9-14)8-17-11(2)3/h6-7,9-11,17H,5,8H2,1-4H3. The van der Waals surface area contributed by atoms with Gasteiger partial charge in [-0.3, -0.25) is 9.67 Å². The predicted molar refractivity (Wildman–Crippen MR) is 77.8 cm³/mol. The van der Waals surface area contributed by atoms with Crippen LogP contribution in [-0.4, -0.2) is 20.8 Å². The minimum atomic E-state index is 0.480. The van der Waals surface area contributed by atoms with E-state index in [1.807, 2.05) is 23.3 Å². The van der Waals surface area contributed by atoms with Crippen LogP contribution in [-0.2, 0) is 13.1 Å². The molecule has 0 aromatic carbocycles. The van der Waals surface area contributed by atoms with Gasteiger partial charge in [-0.05, 0) is 25.5 Å². The zero-order chi connectivity index (χ0) is 13.8. The Morgan fingerprint density at radius 2 is 2.05 bits per heavy atom. The SMILES string of the molecule is CCn1ncc(-c2cncc(CNC(C)C)c2)c1C. The fourth-order valence-electron chi connectivity index (χ4n) is 2.10. The van der Waals surface area contributed by atoms with E-state index < -0.39 is 0 Å². The van der Waals surface area contributed by atoms with E-state index in [1.54, 1.807) is 0 Å². The van der Waals surface area contributed by atoms with E-state index in [0.717, 1.165) is 18.7 Å². The summed E-state index contributed by atoms with van der Waals surface area (Å²) in [6.07, 6.45) is 5.75. The number of nitrogens with zero attached hydrogens (tertiary/aromatic N) is 3. The Kier molecular flexibility index (Phi) is 4.32. The van der Waals surface area contributed by atoms with Crippen LogP contribution in [0.2, 0.25) is 0 Å². The number of pyridine rings is 1. The quantitative estimate of drug-likeness (QED) is 0.896. The fourth-order valence-corrected chi connectivity index (χ4v) is 2.10. The Bertz CT molecular complexity index is 543. The van der Waals surface area contributed by atoms with Crippen molar-refractivity contribution in [3.05, 3.63) is 35.9 Å². The number of aromatic nitrogens is 3. The summed E-state index contributed by atoms with van der Waals surface area (Å²) in [7, 11) is 0. The monoisotopic (exact) mass is 258 g/mol. The van der Waals surface area contributed by atoms with E-state index in [-0.39, 0.29) is 0 Å². The van der Waals surface area contributed by atoms with Crippen molar-refractivity contribution >= 4 is 0 Å². The molecule has 4 nitrogen and oxygen atoms in total. The van der Waals surface area contributed by atoms with Gasteiger partial charge in [0.1, 0.15) is 0 Å². The topological polar surface area (TPSA) is 42.7 Å². The van der Waals surface area contributed by atoms with Crippen LogP contribution in [0, 0.1) is 6.92 Å². The summed E-state index contributed by atoms with van der Waals surface area (Å²) < 4.78 is 2.01. The van der Waals surface area contributed by atoms with Crippen molar-refractivity contribution in [3.8, 4) is 11.1 Å². The molecule has 0 saturated carbocycles. The van der Waals surface area contributed by atoms with Crippen molar-refractivity contribution in [2.75, 3.05) is 0 Å². The molecule has 0 radical (unpaired) electrons. The molecule has 0 aliphatic rings. The molecule has 2 rings (SSSR count). The lowest BCUT2D eigenvalue weighted by molar-refractivity contribution is 0.588. The molecular weight excluding hydrogens is 236 g/mol. The minimum Gasteiger partial charge on any atom is -0.310 e. The molecule has 0 aliphatic carbocycles. The molecule has 0 atom stereocenters. The van der Waals surface area contributed by atoms with Crippen LogP contribution in [0.4, 0.5) is 0 Å². The number of hydrogen-bond donors (Lipinski definition) is 1. The number of hydrogen-bond acceptors (Lipinski definition) is 3. The van der Waals surface area contributed by atoms with Crippen molar-refractivity contribution in [1.29, 1.82) is 0 Å². The minimum absolute atomic E-state index is 0.480. The lowest BCUT2D eigenvalue weighted by atomic mass is 10.1. The molecule has 0 amide bonds. The molecule has 0 aliphatic heterocycles. The van der Waals surface area contributed by atoms with E-state index in [4.69, 9.17) is 0 Å². The van der Waals surface area contributed by atoms with Gasteiger partial charge in [0.2, 0.25) is 0 Å². The Morgan fingerprint density at radius 3 is 2.68 bits per heavy atom. The maximum atomic E-state index is 4.39. The average Bonchev–Trinajstić information content (AvgIpc) is 2.78. The Labute approximate surface area is 114 Å². The molecule has 0 unspecified atom stereocenters. The molecule has 102 valence electrons. The number of rotatable bonds is 5. The summed E-state index contributed by atoms with van der Waals surface area (Å²) in [6, 6.07) is 2.67. The van der Waals surface area contributed by atoms with Crippen molar-refractivity contribution in [2.24, 2.45) is 0 Å². The summed E-state index contributed by atoms with van der Waals surface area (Å²) in [6.45, 7) is 10.2. The zero-order valence-electron chi connectivity index (χ0n) is 12.1. The lowest BCUT2D eigenvalue weighted by Gasteiger charge is -2.09. The van der Waals surface area contributed by atoms with Gasteiger partial charge in [-0.25, -0.2) is 0 Å². The average molecular weight is 258 g/mol. The van der Waals surface area contributed by atoms with Gasteiger partial charge in [0.25, 0.3) is 0 Å². The lowest BCUT2D eigenvalue weighted by Crippen LogP contribution is -2.21. The van der Waals surface area contributed by atoms with E-state index in [0.29, 0.717) is 6.04 Å². The van der Waals surface area contributed by atoms with E-state index >= 15 is 0 Å². The van der Waals surface area contributed by atoms with Crippen LogP contribution in [0.5, 0.6) is 0 Å². The summed E-state index contributed by atoms with van der Waals surface area (Å²) in [4.78, 5) is 4.34. The van der Waals surface area contributed by atoms with Crippen LogP contribution in [0.15, 0.2) is 24.7 Å². The summed E-state index contributed by atoms with van der Waals surface area (Å²) >= 11 is 0. The molecule has 0 bridgehead atoms. The van der Waals surface area contributed by atoms with Crippen LogP contribution < -0.4 is 5.32 Å². The molecule has 0 saturated heterocycles. The zero-order valence-corrected chi connectivity index (χ0v) is 12.1. The maximum Gasteiger partial charge on any atom is 0.0571 e. The largest absolute Gasteiger partial charge is 0.310 e. The maximum absolute atomic E-state index is 4.39. The van der Waals surface area contributed by atoms with Gasteiger partial charge in [0, 0.05) is 48.3 Å². The predicted octanol–water partition coefficient (Wildman–Crippen LogP) is 2.77. The first-order valence-corrected chi connectivity index (χ1v) is 6.82. The Balaban J connectivity index is 2.24. The number of nitrogens with one attached hydrogen (secondary N) is 1. The van der Waals surface area contributed by atoms with Crippen molar-refractivity contribution in [2.45, 2.75) is 46.8 Å². The highest BCUT2D eigenvalue weighted by atomic mass is 15.3. The molecule has 2 aromatic heterocycles. The smallest absolute Gasteiger partial charge is 0.0571 e. The first-order chi connectivity index (χ1) is 9.11. The van der Waals surface area contributed by atoms with Gasteiger partial charge in [0.15, 0.2) is 0 Å². The normalized spacial score (nSPS) is 11.2. The molecule has 0 spiro atoms. The van der Waals surface area contributed by atoms with Crippen molar-refractivity contribution in [1.82, 2.24) is 20.1 Å². The molecule has 4 heteroatoms. The van der Waals surface area contributed by atoms with Crippen LogP contribution in [0.3, 0.4) is 0 Å². The first kappa shape index (κ1) is 13.7. The second-order valence-corrected chi connectivity index (χ2v) is 5.08. The summed E-state index contributed by atoms with van der Waals surface area (Å²) in [5.41, 5.74) is 4.70. The van der Waals surface area contributed by atoms with Gasteiger partial charge >= 0.3 is 0 Å². The van der Waals surface area contributed by atoms with Gasteiger partial charge in [-0.15, -0.1) is 0 Å². The van der Waals surface area contributed by atoms with Gasteiger partial charge in [0.05, 0.1) is 6.20 Å². The molecule has 2 heterocycles. The molecule has 0 fully saturated rings. The third-order valence-corrected chi connectivity index (χ3v) is 3.22. The van der Waals surface area contributed by atoms with E-state index in [9.17, 15) is 0 Å². The van der Waals surface area contributed by atoms with Crippen molar-refractivity contribution in [3.63, 3.8) is 0 Å². The highest BCUT2D eigenvalue weighted by molar-refractivity contribution is 5.64. The third kappa shape index (κ3) is 3.20. The first-order valence-electron chi connectivity index (χ1n) is 6.82. The van der Waals surface area contributed by atoms with Crippen LogP contribution in [0.25, 0.3) is 11.1 Å². The van der Waals surface area contributed by atoms with Gasteiger partial charge < -0.3 is 5.32 Å². The number of aryl methyl sites for hydroxylation is 1.